The molecule has 2 aliphatic heterocycles. The minimum absolute atomic E-state index is 0.0462. The van der Waals surface area contributed by atoms with Crippen molar-refractivity contribution in [2.24, 2.45) is 0 Å². The summed E-state index contributed by atoms with van der Waals surface area (Å²) in [4.78, 5) is 12.7. The molecule has 26 heavy (non-hydrogen) atoms. The predicted octanol–water partition coefficient (Wildman–Crippen LogP) is 3.23. The van der Waals surface area contributed by atoms with E-state index in [0.717, 1.165) is 47.9 Å². The highest BCUT2D eigenvalue weighted by molar-refractivity contribution is 6.08. The Balaban J connectivity index is 1.67. The Hall–Kier alpha value is -2.95. The molecule has 0 saturated carbocycles. The van der Waals surface area contributed by atoms with Crippen LogP contribution in [-0.2, 0) is 6.42 Å². The molecule has 134 valence electrons. The van der Waals surface area contributed by atoms with Gasteiger partial charge < -0.3 is 19.5 Å². The molecular formula is C21H21NO4. The molecular weight excluding hydrogens is 330 g/mol. The summed E-state index contributed by atoms with van der Waals surface area (Å²) >= 11 is 0. The van der Waals surface area contributed by atoms with E-state index in [1.54, 1.807) is 37.5 Å². The highest BCUT2D eigenvalue weighted by Gasteiger charge is 2.20. The van der Waals surface area contributed by atoms with Crippen LogP contribution in [0.15, 0.2) is 42.5 Å². The van der Waals surface area contributed by atoms with Crippen molar-refractivity contribution in [3.63, 3.8) is 0 Å². The van der Waals surface area contributed by atoms with Crippen molar-refractivity contribution in [1.82, 2.24) is 5.32 Å². The first-order chi connectivity index (χ1) is 12.7. The van der Waals surface area contributed by atoms with Crippen LogP contribution in [0.4, 0.5) is 0 Å². The fourth-order valence-electron chi connectivity index (χ4n) is 3.23. The number of hydrogen-bond donors (Lipinski definition) is 1. The molecule has 2 aromatic rings. The molecule has 1 N–H and O–H groups in total. The first-order valence-electron chi connectivity index (χ1n) is 8.81. The largest absolute Gasteiger partial charge is 0.497 e. The Kier molecular flexibility index (Phi) is 4.52. The normalized spacial score (nSPS) is 17.0. The number of benzene rings is 2. The van der Waals surface area contributed by atoms with E-state index in [2.05, 4.69) is 5.32 Å². The van der Waals surface area contributed by atoms with Crippen LogP contribution in [0.5, 0.6) is 17.2 Å². The van der Waals surface area contributed by atoms with Crippen LogP contribution in [0.25, 0.3) is 5.70 Å². The quantitative estimate of drug-likeness (QED) is 0.680. The van der Waals surface area contributed by atoms with Gasteiger partial charge in [-0.05, 0) is 48.4 Å². The second-order valence-electron chi connectivity index (χ2n) is 6.33. The fraction of sp³-hybridized carbons (Fsp3) is 0.286. The Morgan fingerprint density at radius 2 is 1.85 bits per heavy atom. The second kappa shape index (κ2) is 7.12. The summed E-state index contributed by atoms with van der Waals surface area (Å²) in [6, 6.07) is 11.2. The lowest BCUT2D eigenvalue weighted by molar-refractivity contribution is 0.104. The van der Waals surface area contributed by atoms with Gasteiger partial charge in [-0.2, -0.15) is 0 Å². The van der Waals surface area contributed by atoms with Crippen molar-refractivity contribution in [3.8, 4) is 17.2 Å². The van der Waals surface area contributed by atoms with Crippen molar-refractivity contribution >= 4 is 11.5 Å². The maximum Gasteiger partial charge on any atom is 0.187 e. The predicted molar refractivity (Wildman–Crippen MR) is 99.1 cm³/mol. The number of allylic oxidation sites excluding steroid dienone is 1. The molecule has 2 heterocycles. The lowest BCUT2D eigenvalue weighted by Gasteiger charge is -2.23. The standard InChI is InChI=1S/C21H21NO4/c1-24-16-5-3-14(4-6-16)19(23)13-18-17-12-21-20(25-9-2-10-26-21)11-15(17)7-8-22-18/h3-6,11-13,22H,2,7-10H2,1H3. The van der Waals surface area contributed by atoms with Crippen LogP contribution in [0.2, 0.25) is 0 Å². The SMILES string of the molecule is COc1ccc(C(=O)C=C2NCCc3cc4c(cc32)OCCCO4)cc1. The molecule has 0 fully saturated rings. The van der Waals surface area contributed by atoms with Crippen LogP contribution < -0.4 is 19.5 Å². The molecule has 0 aromatic heterocycles. The average molecular weight is 351 g/mol. The Morgan fingerprint density at radius 3 is 2.58 bits per heavy atom. The molecule has 2 aliphatic rings. The zero-order valence-corrected chi connectivity index (χ0v) is 14.7. The van der Waals surface area contributed by atoms with E-state index in [-0.39, 0.29) is 5.78 Å². The highest BCUT2D eigenvalue weighted by atomic mass is 16.5. The first-order valence-corrected chi connectivity index (χ1v) is 8.81. The van der Waals surface area contributed by atoms with Gasteiger partial charge in [0.1, 0.15) is 5.75 Å². The summed E-state index contributed by atoms with van der Waals surface area (Å²) in [5.74, 6) is 2.22. The number of nitrogens with one attached hydrogen (secondary N) is 1. The number of methoxy groups -OCH3 is 1. The van der Waals surface area contributed by atoms with Crippen LogP contribution >= 0.6 is 0 Å². The number of hydrogen-bond acceptors (Lipinski definition) is 5. The Morgan fingerprint density at radius 1 is 1.12 bits per heavy atom. The van der Waals surface area contributed by atoms with Crippen molar-refractivity contribution in [2.45, 2.75) is 12.8 Å². The van der Waals surface area contributed by atoms with Gasteiger partial charge in [0.05, 0.1) is 20.3 Å². The van der Waals surface area contributed by atoms with Crippen molar-refractivity contribution in [2.75, 3.05) is 26.9 Å². The fourth-order valence-corrected chi connectivity index (χ4v) is 3.23. The topological polar surface area (TPSA) is 56.8 Å². The molecule has 0 aliphatic carbocycles. The minimum Gasteiger partial charge on any atom is -0.497 e. The molecule has 0 unspecified atom stereocenters. The van der Waals surface area contributed by atoms with E-state index in [1.807, 2.05) is 12.1 Å². The summed E-state index contributed by atoms with van der Waals surface area (Å²) in [5.41, 5.74) is 3.62. The summed E-state index contributed by atoms with van der Waals surface area (Å²) in [6.45, 7) is 2.10. The van der Waals surface area contributed by atoms with Gasteiger partial charge in [-0.15, -0.1) is 0 Å². The van der Waals surface area contributed by atoms with Crippen LogP contribution in [0.1, 0.15) is 27.9 Å². The molecule has 0 bridgehead atoms. The minimum atomic E-state index is -0.0462. The number of ketones is 1. The van der Waals surface area contributed by atoms with Crippen molar-refractivity contribution in [3.05, 3.63) is 59.2 Å². The van der Waals surface area contributed by atoms with E-state index in [4.69, 9.17) is 14.2 Å². The molecule has 0 saturated heterocycles. The number of ether oxygens (including phenoxy) is 3. The first kappa shape index (κ1) is 16.5. The average Bonchev–Trinajstić information content (AvgIpc) is 2.91. The third-order valence-corrected chi connectivity index (χ3v) is 4.62. The summed E-state index contributed by atoms with van der Waals surface area (Å²) < 4.78 is 16.7. The van der Waals surface area contributed by atoms with Crippen molar-refractivity contribution in [1.29, 1.82) is 0 Å². The van der Waals surface area contributed by atoms with E-state index in [1.165, 1.54) is 5.56 Å². The molecule has 5 heteroatoms. The maximum absolute atomic E-state index is 12.7. The molecule has 0 atom stereocenters. The van der Waals surface area contributed by atoms with E-state index in [9.17, 15) is 4.79 Å². The zero-order valence-electron chi connectivity index (χ0n) is 14.7. The maximum atomic E-state index is 12.7. The van der Waals surface area contributed by atoms with Gasteiger partial charge in [-0.1, -0.05) is 0 Å². The van der Waals surface area contributed by atoms with Crippen LogP contribution in [0.3, 0.4) is 0 Å². The Labute approximate surface area is 152 Å². The number of carbonyl (C=O) groups excluding carboxylic acids is 1. The molecule has 0 radical (unpaired) electrons. The monoisotopic (exact) mass is 351 g/mol. The third-order valence-electron chi connectivity index (χ3n) is 4.62. The van der Waals surface area contributed by atoms with Gasteiger partial charge in [0.15, 0.2) is 17.3 Å². The van der Waals surface area contributed by atoms with Crippen LogP contribution in [-0.4, -0.2) is 32.7 Å². The lowest BCUT2D eigenvalue weighted by Crippen LogP contribution is -2.23. The van der Waals surface area contributed by atoms with E-state index < -0.39 is 0 Å². The summed E-state index contributed by atoms with van der Waals surface area (Å²) in [7, 11) is 1.61. The van der Waals surface area contributed by atoms with E-state index >= 15 is 0 Å². The smallest absolute Gasteiger partial charge is 0.187 e. The van der Waals surface area contributed by atoms with Gasteiger partial charge in [-0.25, -0.2) is 0 Å². The lowest BCUT2D eigenvalue weighted by atomic mass is 9.95. The molecule has 0 spiro atoms. The number of rotatable bonds is 3. The number of fused-ring (bicyclic) bond motifs is 2. The van der Waals surface area contributed by atoms with Gasteiger partial charge in [0.2, 0.25) is 0 Å². The van der Waals surface area contributed by atoms with Crippen LogP contribution in [0, 0.1) is 0 Å². The van der Waals surface area contributed by atoms with Gasteiger partial charge >= 0.3 is 0 Å². The Bertz CT molecular complexity index is 855. The van der Waals surface area contributed by atoms with Gasteiger partial charge in [0, 0.05) is 35.9 Å². The van der Waals surface area contributed by atoms with E-state index in [0.29, 0.717) is 18.8 Å². The molecule has 4 rings (SSSR count). The van der Waals surface area contributed by atoms with Gasteiger partial charge in [0.25, 0.3) is 0 Å². The van der Waals surface area contributed by atoms with Crippen molar-refractivity contribution < 1.29 is 19.0 Å². The third kappa shape index (κ3) is 3.25. The molecule has 0 amide bonds. The number of carbonyl (C=O) groups is 1. The molecule has 2 aromatic carbocycles. The molecule has 5 nitrogen and oxygen atoms in total. The highest BCUT2D eigenvalue weighted by Crippen LogP contribution is 2.36. The zero-order chi connectivity index (χ0) is 17.9. The van der Waals surface area contributed by atoms with Gasteiger partial charge in [-0.3, -0.25) is 4.79 Å². The summed E-state index contributed by atoms with van der Waals surface area (Å²) in [5, 5.41) is 3.34. The second-order valence-corrected chi connectivity index (χ2v) is 6.33. The summed E-state index contributed by atoms with van der Waals surface area (Å²) in [6.07, 6.45) is 3.42.